The highest BCUT2D eigenvalue weighted by Crippen LogP contribution is 2.41. The zero-order valence-electron chi connectivity index (χ0n) is 29.5. The Balaban J connectivity index is 1.07. The molecule has 0 amide bonds. The second-order valence-electron chi connectivity index (χ2n) is 13.3. The fourth-order valence-corrected chi connectivity index (χ4v) is 8.16. The van der Waals surface area contributed by atoms with Crippen molar-refractivity contribution >= 4 is 31.5 Å². The number of hydrogen-bond acceptors (Lipinski definition) is 6. The average molecular weight is 722 g/mol. The smallest absolute Gasteiger partial charge is 0.164 e. The standard InChI is InChI=1S/C49H31N5S/c1-5-15-32(16-6-1)42-31-43(51-46(50-42)33-17-7-2-8-18-33)39-24-14-13-23-38(39)36-26-28-44-41(29-36)40-27-25-37(30-45(40)55-44)49-53-47(34-19-9-3-10-20-34)52-48(54-49)35-21-11-4-12-22-35/h1-31H. The van der Waals surface area contributed by atoms with Crippen LogP contribution in [0.4, 0.5) is 0 Å². The lowest BCUT2D eigenvalue weighted by Crippen LogP contribution is -1.99. The first-order valence-electron chi connectivity index (χ1n) is 18.2. The number of fused-ring (bicyclic) bond motifs is 3. The number of nitrogens with zero attached hydrogens (tertiary/aromatic N) is 5. The van der Waals surface area contributed by atoms with E-state index in [9.17, 15) is 0 Å². The molecule has 258 valence electrons. The molecule has 0 spiro atoms. The summed E-state index contributed by atoms with van der Waals surface area (Å²) in [7, 11) is 0. The third-order valence-corrected chi connectivity index (χ3v) is 10.9. The van der Waals surface area contributed by atoms with Crippen molar-refractivity contribution < 1.29 is 0 Å². The summed E-state index contributed by atoms with van der Waals surface area (Å²) in [5, 5.41) is 2.41. The molecule has 0 saturated carbocycles. The molecule has 6 heteroatoms. The van der Waals surface area contributed by atoms with Gasteiger partial charge in [-0.1, -0.05) is 164 Å². The van der Waals surface area contributed by atoms with E-state index in [1.807, 2.05) is 97.1 Å². The molecule has 10 rings (SSSR count). The average Bonchev–Trinajstić information content (AvgIpc) is 3.64. The minimum Gasteiger partial charge on any atom is -0.228 e. The van der Waals surface area contributed by atoms with Crippen LogP contribution in [0, 0.1) is 0 Å². The number of hydrogen-bond donors (Lipinski definition) is 0. The highest BCUT2D eigenvalue weighted by atomic mass is 32.1. The molecule has 3 aromatic heterocycles. The van der Waals surface area contributed by atoms with Crippen molar-refractivity contribution in [2.24, 2.45) is 0 Å². The molecule has 0 aliphatic rings. The van der Waals surface area contributed by atoms with Crippen molar-refractivity contribution in [3.8, 4) is 79.2 Å². The summed E-state index contributed by atoms with van der Waals surface area (Å²) in [4.78, 5) is 25.0. The SMILES string of the molecule is c1ccc(-c2cc(-c3ccccc3-c3ccc4sc5cc(-c6nc(-c7ccccc7)nc(-c7ccccc7)n6)ccc5c4c3)nc(-c3ccccc3)n2)cc1. The molecule has 0 fully saturated rings. The molecule has 0 radical (unpaired) electrons. The minimum atomic E-state index is 0.649. The van der Waals surface area contributed by atoms with Gasteiger partial charge in [-0.15, -0.1) is 11.3 Å². The van der Waals surface area contributed by atoms with Gasteiger partial charge in [0.05, 0.1) is 11.4 Å². The van der Waals surface area contributed by atoms with Crippen LogP contribution in [0.2, 0.25) is 0 Å². The maximum Gasteiger partial charge on any atom is 0.164 e. The maximum atomic E-state index is 5.15. The van der Waals surface area contributed by atoms with Gasteiger partial charge >= 0.3 is 0 Å². The van der Waals surface area contributed by atoms with Crippen molar-refractivity contribution in [2.75, 3.05) is 0 Å². The normalized spacial score (nSPS) is 11.3. The van der Waals surface area contributed by atoms with Gasteiger partial charge in [-0.3, -0.25) is 0 Å². The summed E-state index contributed by atoms with van der Waals surface area (Å²) in [6.07, 6.45) is 0. The first-order valence-corrected chi connectivity index (χ1v) is 19.0. The van der Waals surface area contributed by atoms with Crippen LogP contribution in [-0.2, 0) is 0 Å². The Hall–Kier alpha value is -7.15. The lowest BCUT2D eigenvalue weighted by atomic mass is 9.95. The zero-order valence-corrected chi connectivity index (χ0v) is 30.4. The number of aromatic nitrogens is 5. The Kier molecular flexibility index (Phi) is 8.28. The molecular formula is C49H31N5S. The van der Waals surface area contributed by atoms with Gasteiger partial charge in [0.25, 0.3) is 0 Å². The van der Waals surface area contributed by atoms with E-state index < -0.39 is 0 Å². The van der Waals surface area contributed by atoms with Gasteiger partial charge in [0.15, 0.2) is 23.3 Å². The highest BCUT2D eigenvalue weighted by molar-refractivity contribution is 7.25. The van der Waals surface area contributed by atoms with Crippen molar-refractivity contribution in [1.29, 1.82) is 0 Å². The summed E-state index contributed by atoms with van der Waals surface area (Å²) in [5.74, 6) is 2.65. The van der Waals surface area contributed by atoms with E-state index in [1.165, 1.54) is 20.2 Å². The monoisotopic (exact) mass is 721 g/mol. The zero-order chi connectivity index (χ0) is 36.6. The number of rotatable bonds is 7. The van der Waals surface area contributed by atoms with E-state index in [4.69, 9.17) is 24.9 Å². The molecule has 3 heterocycles. The Morgan fingerprint density at radius 3 is 1.35 bits per heavy atom. The predicted molar refractivity (Wildman–Crippen MR) is 226 cm³/mol. The Morgan fingerprint density at radius 2 is 0.745 bits per heavy atom. The maximum absolute atomic E-state index is 5.15. The molecule has 10 aromatic rings. The largest absolute Gasteiger partial charge is 0.228 e. The first-order chi connectivity index (χ1) is 27.2. The first kappa shape index (κ1) is 32.5. The molecule has 5 nitrogen and oxygen atoms in total. The Bertz CT molecular complexity index is 2850. The van der Waals surface area contributed by atoms with Gasteiger partial charge in [0.1, 0.15) is 0 Å². The van der Waals surface area contributed by atoms with Crippen LogP contribution in [-0.4, -0.2) is 24.9 Å². The molecule has 55 heavy (non-hydrogen) atoms. The summed E-state index contributed by atoms with van der Waals surface area (Å²) in [5.41, 5.74) is 9.96. The number of benzene rings is 7. The molecular weight excluding hydrogens is 691 g/mol. The molecule has 0 unspecified atom stereocenters. The fourth-order valence-electron chi connectivity index (χ4n) is 7.04. The molecule has 0 aliphatic carbocycles. The van der Waals surface area contributed by atoms with Crippen LogP contribution >= 0.6 is 11.3 Å². The third-order valence-electron chi connectivity index (χ3n) is 9.77. The van der Waals surface area contributed by atoms with Gasteiger partial charge in [-0.2, -0.15) is 0 Å². The number of thiophene rings is 1. The van der Waals surface area contributed by atoms with Crippen LogP contribution in [0.5, 0.6) is 0 Å². The van der Waals surface area contributed by atoms with E-state index in [-0.39, 0.29) is 0 Å². The van der Waals surface area contributed by atoms with Gasteiger partial charge < -0.3 is 0 Å². The van der Waals surface area contributed by atoms with Crippen molar-refractivity contribution in [3.05, 3.63) is 188 Å². The van der Waals surface area contributed by atoms with E-state index >= 15 is 0 Å². The third kappa shape index (κ3) is 6.35. The lowest BCUT2D eigenvalue weighted by molar-refractivity contribution is 1.07. The molecule has 7 aromatic carbocycles. The van der Waals surface area contributed by atoms with Crippen molar-refractivity contribution in [3.63, 3.8) is 0 Å². The van der Waals surface area contributed by atoms with E-state index in [1.54, 1.807) is 11.3 Å². The van der Waals surface area contributed by atoms with Crippen LogP contribution in [0.1, 0.15) is 0 Å². The Labute approximate surface area is 322 Å². The van der Waals surface area contributed by atoms with Crippen LogP contribution < -0.4 is 0 Å². The molecule has 0 atom stereocenters. The van der Waals surface area contributed by atoms with E-state index in [0.29, 0.717) is 23.3 Å². The summed E-state index contributed by atoms with van der Waals surface area (Å²) < 4.78 is 2.40. The second kappa shape index (κ2) is 14.0. The minimum absolute atomic E-state index is 0.649. The van der Waals surface area contributed by atoms with Crippen molar-refractivity contribution in [1.82, 2.24) is 24.9 Å². The predicted octanol–water partition coefficient (Wildman–Crippen LogP) is 12.7. The van der Waals surface area contributed by atoms with Gasteiger partial charge in [0, 0.05) is 53.6 Å². The topological polar surface area (TPSA) is 64.5 Å². The molecule has 0 N–H and O–H groups in total. The van der Waals surface area contributed by atoms with Gasteiger partial charge in [-0.25, -0.2) is 24.9 Å². The van der Waals surface area contributed by atoms with E-state index in [2.05, 4.69) is 91.0 Å². The van der Waals surface area contributed by atoms with Crippen molar-refractivity contribution in [2.45, 2.75) is 0 Å². The lowest BCUT2D eigenvalue weighted by Gasteiger charge is -2.13. The fraction of sp³-hybridized carbons (Fsp3) is 0. The molecule has 0 bridgehead atoms. The van der Waals surface area contributed by atoms with Gasteiger partial charge in [-0.05, 0) is 35.4 Å². The Morgan fingerprint density at radius 1 is 0.273 bits per heavy atom. The summed E-state index contributed by atoms with van der Waals surface area (Å²) in [6, 6.07) is 64.6. The highest BCUT2D eigenvalue weighted by Gasteiger charge is 2.17. The molecule has 0 aliphatic heterocycles. The van der Waals surface area contributed by atoms with E-state index in [0.717, 1.165) is 55.9 Å². The molecule has 0 saturated heterocycles. The van der Waals surface area contributed by atoms with Crippen LogP contribution in [0.3, 0.4) is 0 Å². The van der Waals surface area contributed by atoms with Crippen LogP contribution in [0.15, 0.2) is 188 Å². The second-order valence-corrected chi connectivity index (χ2v) is 14.4. The van der Waals surface area contributed by atoms with Gasteiger partial charge in [0.2, 0.25) is 0 Å². The summed E-state index contributed by atoms with van der Waals surface area (Å²) >= 11 is 1.78. The van der Waals surface area contributed by atoms with Crippen LogP contribution in [0.25, 0.3) is 99.4 Å². The summed E-state index contributed by atoms with van der Waals surface area (Å²) in [6.45, 7) is 0. The quantitative estimate of drug-likeness (QED) is 0.164.